The summed E-state index contributed by atoms with van der Waals surface area (Å²) in [7, 11) is 0. The molecule has 0 bridgehead atoms. The molecule has 94 valence electrons. The van der Waals surface area contributed by atoms with Crippen LogP contribution in [0, 0.1) is 0 Å². The van der Waals surface area contributed by atoms with E-state index in [1.165, 1.54) is 12.8 Å². The minimum absolute atomic E-state index is 0.0412. The molecule has 2 heterocycles. The Kier molecular flexibility index (Phi) is 2.90. The Hall–Kier alpha value is -0.910. The van der Waals surface area contributed by atoms with Gasteiger partial charge in [-0.15, -0.1) is 0 Å². The van der Waals surface area contributed by atoms with E-state index in [9.17, 15) is 10.2 Å². The summed E-state index contributed by atoms with van der Waals surface area (Å²) in [6.45, 7) is 1.31. The molecule has 2 atom stereocenters. The number of aromatic nitrogens is 1. The van der Waals surface area contributed by atoms with Gasteiger partial charge in [-0.2, -0.15) is 0 Å². The Morgan fingerprint density at radius 3 is 3.00 bits per heavy atom. The van der Waals surface area contributed by atoms with Crippen LogP contribution in [0.3, 0.4) is 0 Å². The smallest absolute Gasteiger partial charge is 0.150 e. The second kappa shape index (κ2) is 4.40. The highest BCUT2D eigenvalue weighted by atomic mass is 16.5. The first-order chi connectivity index (χ1) is 8.26. The van der Waals surface area contributed by atoms with Crippen LogP contribution in [0.2, 0.25) is 0 Å². The monoisotopic (exact) mass is 238 g/mol. The number of β-amino-alcohol motifs (C(OH)–C–C–N with tert-alkyl or cyclic N) is 1. The van der Waals surface area contributed by atoms with Crippen LogP contribution in [0.1, 0.15) is 36.6 Å². The van der Waals surface area contributed by atoms with Gasteiger partial charge in [-0.25, -0.2) is 0 Å². The van der Waals surface area contributed by atoms with Crippen LogP contribution in [-0.4, -0.2) is 45.6 Å². The fourth-order valence-electron chi connectivity index (χ4n) is 2.52. The fourth-order valence-corrected chi connectivity index (χ4v) is 2.52. The minimum atomic E-state index is -0.335. The highest BCUT2D eigenvalue weighted by Gasteiger charge is 2.32. The van der Waals surface area contributed by atoms with Gasteiger partial charge in [0.05, 0.1) is 24.9 Å². The van der Waals surface area contributed by atoms with Crippen molar-refractivity contribution in [1.82, 2.24) is 10.1 Å². The van der Waals surface area contributed by atoms with E-state index in [0.717, 1.165) is 11.5 Å². The van der Waals surface area contributed by atoms with Crippen LogP contribution in [0.4, 0.5) is 0 Å². The van der Waals surface area contributed by atoms with Crippen molar-refractivity contribution in [2.75, 3.05) is 13.2 Å². The molecule has 1 aliphatic carbocycles. The van der Waals surface area contributed by atoms with E-state index in [-0.39, 0.29) is 18.8 Å². The number of aliphatic hydroxyl groups excluding tert-OH is 2. The van der Waals surface area contributed by atoms with E-state index in [1.807, 2.05) is 6.07 Å². The second-order valence-corrected chi connectivity index (χ2v) is 5.15. The number of hydrogen-bond acceptors (Lipinski definition) is 5. The number of aliphatic hydroxyl groups is 2. The molecule has 5 nitrogen and oxygen atoms in total. The van der Waals surface area contributed by atoms with Crippen LogP contribution < -0.4 is 0 Å². The van der Waals surface area contributed by atoms with Crippen LogP contribution in [0.25, 0.3) is 0 Å². The Bertz CT molecular complexity index is 389. The zero-order valence-electron chi connectivity index (χ0n) is 9.75. The van der Waals surface area contributed by atoms with E-state index in [4.69, 9.17) is 4.52 Å². The molecule has 3 rings (SSSR count). The van der Waals surface area contributed by atoms with Gasteiger partial charge in [0.1, 0.15) is 0 Å². The van der Waals surface area contributed by atoms with Gasteiger partial charge < -0.3 is 14.7 Å². The van der Waals surface area contributed by atoms with Crippen molar-refractivity contribution in [1.29, 1.82) is 0 Å². The molecular weight excluding hydrogens is 220 g/mol. The van der Waals surface area contributed by atoms with Gasteiger partial charge in [0.2, 0.25) is 0 Å². The topological polar surface area (TPSA) is 69.7 Å². The number of rotatable bonds is 4. The van der Waals surface area contributed by atoms with E-state index in [2.05, 4.69) is 10.1 Å². The standard InChI is InChI=1S/C12H18N2O3/c15-7-9-3-10(16)5-14(9)6-11-4-12(13-17-11)8-1-2-8/h4,8-10,15-16H,1-3,5-7H2/t9-,10-/m0/s1. The van der Waals surface area contributed by atoms with E-state index >= 15 is 0 Å². The van der Waals surface area contributed by atoms with Crippen LogP contribution >= 0.6 is 0 Å². The summed E-state index contributed by atoms with van der Waals surface area (Å²) in [6.07, 6.45) is 2.74. The van der Waals surface area contributed by atoms with Crippen molar-refractivity contribution in [3.63, 3.8) is 0 Å². The Morgan fingerprint density at radius 2 is 2.29 bits per heavy atom. The first kappa shape index (κ1) is 11.2. The fraction of sp³-hybridized carbons (Fsp3) is 0.750. The highest BCUT2D eigenvalue weighted by molar-refractivity contribution is 5.15. The average Bonchev–Trinajstić information content (AvgIpc) is 2.96. The van der Waals surface area contributed by atoms with Crippen molar-refractivity contribution in [3.05, 3.63) is 17.5 Å². The summed E-state index contributed by atoms with van der Waals surface area (Å²) in [5.74, 6) is 1.43. The van der Waals surface area contributed by atoms with E-state index < -0.39 is 0 Å². The maximum atomic E-state index is 9.58. The highest BCUT2D eigenvalue weighted by Crippen LogP contribution is 2.39. The van der Waals surface area contributed by atoms with Crippen molar-refractivity contribution in [3.8, 4) is 0 Å². The molecule has 1 aliphatic heterocycles. The molecule has 1 saturated carbocycles. The average molecular weight is 238 g/mol. The largest absolute Gasteiger partial charge is 0.395 e. The number of hydrogen-bond donors (Lipinski definition) is 2. The van der Waals surface area contributed by atoms with Crippen molar-refractivity contribution < 1.29 is 14.7 Å². The summed E-state index contributed by atoms with van der Waals surface area (Å²) >= 11 is 0. The lowest BCUT2D eigenvalue weighted by molar-refractivity contribution is 0.139. The molecule has 0 radical (unpaired) electrons. The Morgan fingerprint density at radius 1 is 1.47 bits per heavy atom. The summed E-state index contributed by atoms with van der Waals surface area (Å²) in [5, 5.41) is 22.9. The number of nitrogens with zero attached hydrogens (tertiary/aromatic N) is 2. The first-order valence-corrected chi connectivity index (χ1v) is 6.24. The van der Waals surface area contributed by atoms with Gasteiger partial charge >= 0.3 is 0 Å². The lowest BCUT2D eigenvalue weighted by Crippen LogP contribution is -2.31. The molecule has 17 heavy (non-hydrogen) atoms. The third-order valence-electron chi connectivity index (χ3n) is 3.65. The summed E-state index contributed by atoms with van der Waals surface area (Å²) < 4.78 is 5.30. The zero-order chi connectivity index (χ0) is 11.8. The predicted molar refractivity (Wildman–Crippen MR) is 60.4 cm³/mol. The van der Waals surface area contributed by atoms with Crippen molar-refractivity contribution in [2.45, 2.75) is 43.9 Å². The normalized spacial score (nSPS) is 30.0. The molecule has 5 heteroatoms. The maximum Gasteiger partial charge on any atom is 0.150 e. The van der Waals surface area contributed by atoms with Crippen molar-refractivity contribution in [2.24, 2.45) is 0 Å². The Balaban J connectivity index is 1.64. The third kappa shape index (κ3) is 2.36. The van der Waals surface area contributed by atoms with Gasteiger partial charge in [-0.05, 0) is 19.3 Å². The lowest BCUT2D eigenvalue weighted by atomic mass is 10.2. The van der Waals surface area contributed by atoms with E-state index in [1.54, 1.807) is 0 Å². The maximum absolute atomic E-state index is 9.58. The van der Waals surface area contributed by atoms with Gasteiger partial charge in [0, 0.05) is 24.6 Å². The molecule has 2 aliphatic rings. The SMILES string of the molecule is OC[C@@H]1C[C@H](O)CN1Cc1cc(C2CC2)no1. The van der Waals surface area contributed by atoms with Gasteiger partial charge in [0.25, 0.3) is 0 Å². The Labute approximate surface area is 100 Å². The lowest BCUT2D eigenvalue weighted by Gasteiger charge is -2.20. The van der Waals surface area contributed by atoms with Crippen LogP contribution in [0.15, 0.2) is 10.6 Å². The molecular formula is C12H18N2O3. The molecule has 1 aromatic heterocycles. The third-order valence-corrected chi connectivity index (χ3v) is 3.65. The molecule has 0 unspecified atom stereocenters. The summed E-state index contributed by atoms with van der Waals surface area (Å²) in [6, 6.07) is 2.05. The first-order valence-electron chi connectivity index (χ1n) is 6.24. The van der Waals surface area contributed by atoms with Gasteiger partial charge in [-0.1, -0.05) is 5.16 Å². The molecule has 0 aromatic carbocycles. The van der Waals surface area contributed by atoms with E-state index in [0.29, 0.717) is 25.4 Å². The van der Waals surface area contributed by atoms with Gasteiger partial charge in [0.15, 0.2) is 5.76 Å². The molecule has 0 amide bonds. The molecule has 2 N–H and O–H groups in total. The van der Waals surface area contributed by atoms with Crippen LogP contribution in [0.5, 0.6) is 0 Å². The molecule has 1 saturated heterocycles. The summed E-state index contributed by atoms with van der Waals surface area (Å²) in [5.41, 5.74) is 1.06. The molecule has 0 spiro atoms. The predicted octanol–water partition coefficient (Wildman–Crippen LogP) is 0.479. The second-order valence-electron chi connectivity index (χ2n) is 5.15. The quantitative estimate of drug-likeness (QED) is 0.798. The van der Waals surface area contributed by atoms with Gasteiger partial charge in [-0.3, -0.25) is 4.90 Å². The minimum Gasteiger partial charge on any atom is -0.395 e. The number of likely N-dealkylation sites (tertiary alicyclic amines) is 1. The summed E-state index contributed by atoms with van der Waals surface area (Å²) in [4.78, 5) is 2.06. The molecule has 1 aromatic rings. The van der Waals surface area contributed by atoms with Crippen molar-refractivity contribution >= 4 is 0 Å². The molecule has 2 fully saturated rings. The zero-order valence-corrected chi connectivity index (χ0v) is 9.75. The van der Waals surface area contributed by atoms with Crippen LogP contribution in [-0.2, 0) is 6.54 Å².